The third-order valence-corrected chi connectivity index (χ3v) is 7.28. The first-order valence-electron chi connectivity index (χ1n) is 8.56. The molecule has 25 heavy (non-hydrogen) atoms. The second kappa shape index (κ2) is 6.35. The Morgan fingerprint density at radius 2 is 1.88 bits per heavy atom. The van der Waals surface area contributed by atoms with Crippen LogP contribution in [0.5, 0.6) is 0 Å². The molecule has 0 bridgehead atoms. The molecule has 2 aliphatic heterocycles. The number of benzene rings is 1. The van der Waals surface area contributed by atoms with E-state index in [-0.39, 0.29) is 37.5 Å². The number of nitrogens with zero attached hydrogens (tertiary/aromatic N) is 2. The monoisotopic (exact) mass is 366 g/mol. The highest BCUT2D eigenvalue weighted by atomic mass is 32.2. The van der Waals surface area contributed by atoms with Crippen molar-refractivity contribution in [3.63, 3.8) is 0 Å². The number of amides is 1. The molecule has 1 aliphatic carbocycles. The van der Waals surface area contributed by atoms with Crippen LogP contribution in [0.1, 0.15) is 12.8 Å². The van der Waals surface area contributed by atoms with Crippen LogP contribution in [-0.2, 0) is 24.3 Å². The molecule has 2 saturated heterocycles. The quantitative estimate of drug-likeness (QED) is 0.784. The second-order valence-corrected chi connectivity index (χ2v) is 9.13. The van der Waals surface area contributed by atoms with E-state index in [0.29, 0.717) is 13.2 Å². The van der Waals surface area contributed by atoms with Gasteiger partial charge in [0.25, 0.3) is 5.91 Å². The number of carbonyl (C=O) groups excluding carboxylic acids is 1. The lowest BCUT2D eigenvalue weighted by atomic mass is 10.0. The van der Waals surface area contributed by atoms with Gasteiger partial charge >= 0.3 is 0 Å². The molecular formula is C17H22N2O5S. The Kier molecular flexibility index (Phi) is 4.31. The third-order valence-electron chi connectivity index (χ3n) is 4.94. The van der Waals surface area contributed by atoms with Crippen molar-refractivity contribution in [3.05, 3.63) is 30.3 Å². The van der Waals surface area contributed by atoms with Crippen LogP contribution in [-0.4, -0.2) is 68.9 Å². The van der Waals surface area contributed by atoms with E-state index in [4.69, 9.17) is 9.47 Å². The van der Waals surface area contributed by atoms with Crippen LogP contribution in [0.25, 0.3) is 0 Å². The molecule has 7 nitrogen and oxygen atoms in total. The fourth-order valence-corrected chi connectivity index (χ4v) is 5.30. The predicted octanol–water partition coefficient (Wildman–Crippen LogP) is 0.613. The maximum absolute atomic E-state index is 12.7. The van der Waals surface area contributed by atoms with Crippen molar-refractivity contribution in [3.8, 4) is 0 Å². The average Bonchev–Trinajstić information content (AvgIpc) is 3.46. The molecule has 3 aliphatic rings. The van der Waals surface area contributed by atoms with Crippen molar-refractivity contribution in [2.45, 2.75) is 23.7 Å². The highest BCUT2D eigenvalue weighted by Crippen LogP contribution is 2.34. The van der Waals surface area contributed by atoms with E-state index in [9.17, 15) is 13.2 Å². The third kappa shape index (κ3) is 3.31. The van der Waals surface area contributed by atoms with Crippen LogP contribution in [0.3, 0.4) is 0 Å². The first kappa shape index (κ1) is 17.0. The van der Waals surface area contributed by atoms with Gasteiger partial charge in [-0.05, 0) is 25.0 Å². The van der Waals surface area contributed by atoms with Crippen LogP contribution in [0.15, 0.2) is 30.3 Å². The highest BCUT2D eigenvalue weighted by Gasteiger charge is 2.48. The molecule has 1 saturated carbocycles. The predicted molar refractivity (Wildman–Crippen MR) is 91.8 cm³/mol. The van der Waals surface area contributed by atoms with Crippen molar-refractivity contribution >= 4 is 21.6 Å². The van der Waals surface area contributed by atoms with Crippen molar-refractivity contribution in [2.75, 3.05) is 44.4 Å². The SMILES string of the molecule is O=C1COC2(COCCN(S(=O)(=O)C3CC3)C2)CN1c1ccccc1. The molecule has 1 aromatic rings. The highest BCUT2D eigenvalue weighted by molar-refractivity contribution is 7.90. The minimum absolute atomic E-state index is 0.0738. The summed E-state index contributed by atoms with van der Waals surface area (Å²) in [6.45, 7) is 1.39. The van der Waals surface area contributed by atoms with Gasteiger partial charge in [-0.1, -0.05) is 18.2 Å². The minimum atomic E-state index is -3.31. The van der Waals surface area contributed by atoms with Crippen LogP contribution < -0.4 is 4.90 Å². The van der Waals surface area contributed by atoms with E-state index in [2.05, 4.69) is 0 Å². The average molecular weight is 366 g/mol. The molecule has 4 rings (SSSR count). The summed E-state index contributed by atoms with van der Waals surface area (Å²) < 4.78 is 38.4. The molecule has 8 heteroatoms. The lowest BCUT2D eigenvalue weighted by molar-refractivity contribution is -0.145. The molecule has 1 unspecified atom stereocenters. The van der Waals surface area contributed by atoms with Gasteiger partial charge in [0.05, 0.1) is 25.0 Å². The summed E-state index contributed by atoms with van der Waals surface area (Å²) in [5.74, 6) is -0.127. The topological polar surface area (TPSA) is 76.1 Å². The van der Waals surface area contributed by atoms with Crippen molar-refractivity contribution in [1.29, 1.82) is 0 Å². The van der Waals surface area contributed by atoms with Gasteiger partial charge in [0.1, 0.15) is 12.2 Å². The van der Waals surface area contributed by atoms with Crippen LogP contribution in [0, 0.1) is 0 Å². The Labute approximate surface area is 147 Å². The number of sulfonamides is 1. The zero-order valence-electron chi connectivity index (χ0n) is 14.0. The molecule has 136 valence electrons. The van der Waals surface area contributed by atoms with Gasteiger partial charge < -0.3 is 14.4 Å². The number of hydrogen-bond acceptors (Lipinski definition) is 5. The van der Waals surface area contributed by atoms with Gasteiger partial charge in [-0.3, -0.25) is 4.79 Å². The summed E-state index contributed by atoms with van der Waals surface area (Å²) in [5, 5.41) is -0.266. The van der Waals surface area contributed by atoms with E-state index in [0.717, 1.165) is 18.5 Å². The van der Waals surface area contributed by atoms with Gasteiger partial charge in [-0.25, -0.2) is 8.42 Å². The summed E-state index contributed by atoms with van der Waals surface area (Å²) in [6.07, 6.45) is 1.45. The zero-order chi connectivity index (χ0) is 17.5. The van der Waals surface area contributed by atoms with Gasteiger partial charge in [-0.15, -0.1) is 0 Å². The summed E-state index contributed by atoms with van der Waals surface area (Å²) in [7, 11) is -3.31. The molecule has 2 heterocycles. The fourth-order valence-electron chi connectivity index (χ4n) is 3.41. The Bertz CT molecular complexity index is 750. The molecule has 1 atom stereocenters. The Balaban J connectivity index is 1.60. The maximum Gasteiger partial charge on any atom is 0.253 e. The molecule has 0 N–H and O–H groups in total. The number of ether oxygens (including phenoxy) is 2. The zero-order valence-corrected chi connectivity index (χ0v) is 14.8. The van der Waals surface area contributed by atoms with Crippen LogP contribution in [0.2, 0.25) is 0 Å². The first-order valence-corrected chi connectivity index (χ1v) is 10.1. The van der Waals surface area contributed by atoms with Gasteiger partial charge in [0, 0.05) is 18.8 Å². The molecule has 1 aromatic carbocycles. The normalized spacial score (nSPS) is 29.0. The minimum Gasteiger partial charge on any atom is -0.377 e. The summed E-state index contributed by atoms with van der Waals surface area (Å²) in [5.41, 5.74) is -0.0432. The second-order valence-electron chi connectivity index (χ2n) is 6.92. The molecule has 3 fully saturated rings. The first-order chi connectivity index (χ1) is 12.0. The van der Waals surface area contributed by atoms with E-state index < -0.39 is 15.6 Å². The number of para-hydroxylation sites is 1. The fraction of sp³-hybridized carbons (Fsp3) is 0.588. The molecule has 0 radical (unpaired) electrons. The van der Waals surface area contributed by atoms with Crippen molar-refractivity contribution in [2.24, 2.45) is 0 Å². The van der Waals surface area contributed by atoms with E-state index in [1.54, 1.807) is 4.90 Å². The van der Waals surface area contributed by atoms with Gasteiger partial charge in [-0.2, -0.15) is 4.31 Å². The summed E-state index contributed by atoms with van der Waals surface area (Å²) >= 11 is 0. The lowest BCUT2D eigenvalue weighted by Gasteiger charge is -2.42. The van der Waals surface area contributed by atoms with Crippen LogP contribution in [0.4, 0.5) is 5.69 Å². The molecular weight excluding hydrogens is 344 g/mol. The number of hydrogen-bond donors (Lipinski definition) is 0. The van der Waals surface area contributed by atoms with Crippen molar-refractivity contribution < 1.29 is 22.7 Å². The Morgan fingerprint density at radius 1 is 1.12 bits per heavy atom. The molecule has 1 amide bonds. The van der Waals surface area contributed by atoms with Gasteiger partial charge in [0.15, 0.2) is 0 Å². The van der Waals surface area contributed by atoms with E-state index >= 15 is 0 Å². The number of carbonyl (C=O) groups is 1. The molecule has 0 aromatic heterocycles. The Morgan fingerprint density at radius 3 is 2.60 bits per heavy atom. The number of rotatable bonds is 3. The summed E-state index contributed by atoms with van der Waals surface area (Å²) in [6, 6.07) is 9.37. The van der Waals surface area contributed by atoms with Crippen LogP contribution >= 0.6 is 0 Å². The van der Waals surface area contributed by atoms with Crippen molar-refractivity contribution in [1.82, 2.24) is 4.31 Å². The molecule has 1 spiro atoms. The Hall–Kier alpha value is -1.48. The largest absolute Gasteiger partial charge is 0.377 e. The summed E-state index contributed by atoms with van der Waals surface area (Å²) in [4.78, 5) is 14.0. The lowest BCUT2D eigenvalue weighted by Crippen LogP contribution is -2.61. The number of anilines is 1. The van der Waals surface area contributed by atoms with E-state index in [1.807, 2.05) is 30.3 Å². The standard InChI is InChI=1S/C17H22N2O5S/c20-16-10-24-17(12-19(16)14-4-2-1-3-5-14)11-18(8-9-23-13-17)25(21,22)15-6-7-15/h1-5,15H,6-13H2. The maximum atomic E-state index is 12.7. The van der Waals surface area contributed by atoms with E-state index in [1.165, 1.54) is 4.31 Å². The smallest absolute Gasteiger partial charge is 0.253 e. The number of morpholine rings is 1. The van der Waals surface area contributed by atoms with Gasteiger partial charge in [0.2, 0.25) is 10.0 Å².